The monoisotopic (exact) mass is 364 g/mol. The van der Waals surface area contributed by atoms with E-state index in [0.29, 0.717) is 0 Å². The van der Waals surface area contributed by atoms with Crippen LogP contribution in [0.25, 0.3) is 0 Å². The molecule has 146 valence electrons. The zero-order chi connectivity index (χ0) is 18.5. The normalized spacial score (nSPS) is 36.3. The van der Waals surface area contributed by atoms with Crippen LogP contribution >= 0.6 is 0 Å². The molecule has 3 atom stereocenters. The van der Waals surface area contributed by atoms with Gasteiger partial charge in [-0.2, -0.15) is 0 Å². The predicted octanol–water partition coefficient (Wildman–Crippen LogP) is 2.92. The van der Waals surface area contributed by atoms with Crippen molar-refractivity contribution in [2.24, 2.45) is 0 Å². The molecule has 0 aromatic rings. The van der Waals surface area contributed by atoms with E-state index < -0.39 is 0 Å². The number of hydrogen-bond donors (Lipinski definition) is 0. The molecule has 6 nitrogen and oxygen atoms in total. The molecule has 1 aliphatic carbocycles. The van der Waals surface area contributed by atoms with Crippen LogP contribution in [0.5, 0.6) is 0 Å². The Labute approximate surface area is 157 Å². The van der Waals surface area contributed by atoms with Crippen LogP contribution in [0.1, 0.15) is 59.8 Å². The van der Waals surface area contributed by atoms with Gasteiger partial charge in [-0.1, -0.05) is 0 Å². The molecule has 2 amide bonds. The van der Waals surface area contributed by atoms with Crippen LogP contribution < -0.4 is 0 Å². The van der Waals surface area contributed by atoms with E-state index in [1.54, 1.807) is 0 Å². The molecule has 0 bridgehead atoms. The Kier molecular flexibility index (Phi) is 4.77. The molecular weight excluding hydrogens is 331 g/mol. The maximum atomic E-state index is 13.2. The highest BCUT2D eigenvalue weighted by atomic mass is 16.7. The molecule has 3 aliphatic heterocycles. The van der Waals surface area contributed by atoms with Crippen molar-refractivity contribution in [1.29, 1.82) is 0 Å². The molecule has 26 heavy (non-hydrogen) atoms. The first-order chi connectivity index (χ1) is 12.3. The largest absolute Gasteiger partial charge is 0.463 e. The molecule has 4 aliphatic rings. The van der Waals surface area contributed by atoms with Crippen molar-refractivity contribution < 1.29 is 18.8 Å². The molecule has 1 saturated carbocycles. The second kappa shape index (κ2) is 6.68. The van der Waals surface area contributed by atoms with Crippen LogP contribution in [0.2, 0.25) is 5.82 Å². The van der Waals surface area contributed by atoms with Crippen LogP contribution in [-0.2, 0) is 14.0 Å². The number of likely N-dealkylation sites (tertiary alicyclic amines) is 1. The van der Waals surface area contributed by atoms with Gasteiger partial charge in [0.15, 0.2) is 0 Å². The fraction of sp³-hybridized carbons (Fsp3) is 0.947. The van der Waals surface area contributed by atoms with Crippen molar-refractivity contribution in [3.05, 3.63) is 0 Å². The maximum absolute atomic E-state index is 13.2. The van der Waals surface area contributed by atoms with E-state index in [9.17, 15) is 4.79 Å². The van der Waals surface area contributed by atoms with Gasteiger partial charge in [0.25, 0.3) is 0 Å². The van der Waals surface area contributed by atoms with Crippen LogP contribution in [-0.4, -0.2) is 72.5 Å². The number of fused-ring (bicyclic) bond motifs is 1. The highest BCUT2D eigenvalue weighted by Crippen LogP contribution is 2.42. The second-order valence-electron chi connectivity index (χ2n) is 9.36. The Balaban J connectivity index is 1.40. The number of carbonyl (C=O) groups is 1. The van der Waals surface area contributed by atoms with Crippen molar-refractivity contribution in [2.75, 3.05) is 26.2 Å². The third-order valence-corrected chi connectivity index (χ3v) is 7.09. The van der Waals surface area contributed by atoms with E-state index in [4.69, 9.17) is 14.0 Å². The molecule has 0 N–H and O–H groups in total. The second-order valence-corrected chi connectivity index (χ2v) is 9.36. The minimum atomic E-state index is -0.311. The van der Waals surface area contributed by atoms with Gasteiger partial charge >= 0.3 is 13.1 Å². The number of ether oxygens (including phenoxy) is 1. The number of nitrogens with zero attached hydrogens (tertiary/aromatic N) is 2. The number of rotatable bonds is 1. The third-order valence-electron chi connectivity index (χ3n) is 7.09. The van der Waals surface area contributed by atoms with E-state index in [1.807, 2.05) is 4.90 Å². The van der Waals surface area contributed by atoms with Gasteiger partial charge in [0, 0.05) is 32.1 Å². The molecule has 3 heterocycles. The summed E-state index contributed by atoms with van der Waals surface area (Å²) < 4.78 is 18.4. The van der Waals surface area contributed by atoms with Crippen LogP contribution in [0.3, 0.4) is 0 Å². The Morgan fingerprint density at radius 2 is 1.73 bits per heavy atom. The van der Waals surface area contributed by atoms with Crippen molar-refractivity contribution in [3.8, 4) is 0 Å². The molecule has 0 aromatic heterocycles. The molecular formula is C19H33BN2O4. The van der Waals surface area contributed by atoms with E-state index in [0.717, 1.165) is 58.3 Å². The van der Waals surface area contributed by atoms with Gasteiger partial charge in [-0.25, -0.2) is 4.79 Å². The summed E-state index contributed by atoms with van der Waals surface area (Å²) in [5.74, 6) is 0.252. The van der Waals surface area contributed by atoms with Crippen LogP contribution in [0, 0.1) is 0 Å². The minimum absolute atomic E-state index is 0.186. The SMILES string of the molecule is CC1(C)OB(C2CCN(C(=O)N3CCCO[C@@H]4CCC[C@H]43)C2)OC1(C)C. The fourth-order valence-corrected chi connectivity index (χ4v) is 4.78. The van der Waals surface area contributed by atoms with Gasteiger partial charge in [-0.3, -0.25) is 0 Å². The lowest BCUT2D eigenvalue weighted by molar-refractivity contribution is 0.00578. The standard InChI is InChI=1S/C19H33BN2O4/c1-18(2)19(3,4)26-20(25-18)14-9-11-21(13-14)17(23)22-10-6-12-24-16-8-5-7-15(16)22/h14-16H,5-13H2,1-4H3/t14?,15-,16-/m1/s1. The average Bonchev–Trinajstić information content (AvgIpc) is 3.24. The first-order valence-corrected chi connectivity index (χ1v) is 10.3. The third kappa shape index (κ3) is 3.16. The predicted molar refractivity (Wildman–Crippen MR) is 100 cm³/mol. The molecule has 1 unspecified atom stereocenters. The van der Waals surface area contributed by atoms with Gasteiger partial charge in [0.05, 0.1) is 23.3 Å². The lowest BCUT2D eigenvalue weighted by Gasteiger charge is -2.33. The first kappa shape index (κ1) is 18.6. The molecule has 0 radical (unpaired) electrons. The van der Waals surface area contributed by atoms with Crippen molar-refractivity contribution in [3.63, 3.8) is 0 Å². The Morgan fingerprint density at radius 1 is 1.00 bits per heavy atom. The highest BCUT2D eigenvalue weighted by molar-refractivity contribution is 6.47. The summed E-state index contributed by atoms with van der Waals surface area (Å²) in [6.07, 6.45) is 5.45. The van der Waals surface area contributed by atoms with Crippen molar-refractivity contribution in [2.45, 2.75) is 89.0 Å². The summed E-state index contributed by atoms with van der Waals surface area (Å²) in [6, 6.07) is 0.451. The summed E-state index contributed by atoms with van der Waals surface area (Å²) in [5, 5.41) is 0. The number of hydrogen-bond acceptors (Lipinski definition) is 4. The van der Waals surface area contributed by atoms with Gasteiger partial charge in [-0.05, 0) is 59.8 Å². The molecule has 0 aromatic carbocycles. The lowest BCUT2D eigenvalue weighted by Crippen LogP contribution is -2.49. The van der Waals surface area contributed by atoms with Gasteiger partial charge in [0.1, 0.15) is 0 Å². The highest BCUT2D eigenvalue weighted by Gasteiger charge is 2.55. The van der Waals surface area contributed by atoms with Crippen molar-refractivity contribution >= 4 is 13.1 Å². The quantitative estimate of drug-likeness (QED) is 0.672. The van der Waals surface area contributed by atoms with E-state index in [1.165, 1.54) is 0 Å². The van der Waals surface area contributed by atoms with Gasteiger partial charge in [0.2, 0.25) is 0 Å². The zero-order valence-corrected chi connectivity index (χ0v) is 16.7. The Hall–Kier alpha value is -0.785. The number of carbonyl (C=O) groups excluding carboxylic acids is 1. The lowest BCUT2D eigenvalue weighted by atomic mass is 9.71. The smallest absolute Gasteiger partial charge is 0.403 e. The Morgan fingerprint density at radius 3 is 2.46 bits per heavy atom. The molecule has 4 rings (SSSR count). The summed E-state index contributed by atoms with van der Waals surface area (Å²) in [4.78, 5) is 17.3. The first-order valence-electron chi connectivity index (χ1n) is 10.3. The molecule has 3 saturated heterocycles. The fourth-order valence-electron chi connectivity index (χ4n) is 4.78. The van der Waals surface area contributed by atoms with Crippen LogP contribution in [0.15, 0.2) is 0 Å². The van der Waals surface area contributed by atoms with E-state index in [2.05, 4.69) is 32.6 Å². The summed E-state index contributed by atoms with van der Waals surface area (Å²) >= 11 is 0. The van der Waals surface area contributed by atoms with Gasteiger partial charge in [-0.15, -0.1) is 0 Å². The topological polar surface area (TPSA) is 51.2 Å². The average molecular weight is 364 g/mol. The molecule has 4 fully saturated rings. The Bertz CT molecular complexity index is 540. The number of amides is 2. The zero-order valence-electron chi connectivity index (χ0n) is 16.7. The van der Waals surface area contributed by atoms with E-state index >= 15 is 0 Å². The van der Waals surface area contributed by atoms with Crippen molar-refractivity contribution in [1.82, 2.24) is 9.80 Å². The summed E-state index contributed by atoms with van der Waals surface area (Å²) in [7, 11) is -0.218. The number of urea groups is 1. The summed E-state index contributed by atoms with van der Waals surface area (Å²) in [6.45, 7) is 11.5. The van der Waals surface area contributed by atoms with E-state index in [-0.39, 0.29) is 42.3 Å². The molecule has 0 spiro atoms. The summed E-state index contributed by atoms with van der Waals surface area (Å²) in [5.41, 5.74) is -0.622. The maximum Gasteiger partial charge on any atom is 0.463 e. The minimum Gasteiger partial charge on any atom is -0.403 e. The van der Waals surface area contributed by atoms with Gasteiger partial charge < -0.3 is 23.8 Å². The molecule has 7 heteroatoms. The van der Waals surface area contributed by atoms with Crippen LogP contribution in [0.4, 0.5) is 4.79 Å².